The average Bonchev–Trinajstić information content (AvgIpc) is 3.19. The van der Waals surface area contributed by atoms with Gasteiger partial charge in [0.1, 0.15) is 5.60 Å². The highest BCUT2D eigenvalue weighted by Gasteiger charge is 2.15. The van der Waals surface area contributed by atoms with Gasteiger partial charge >= 0.3 is 6.09 Å². The van der Waals surface area contributed by atoms with E-state index in [-0.39, 0.29) is 0 Å². The third-order valence-corrected chi connectivity index (χ3v) is 3.84. The summed E-state index contributed by atoms with van der Waals surface area (Å²) in [6, 6.07) is 8.13. The van der Waals surface area contributed by atoms with E-state index in [1.165, 1.54) is 0 Å². The van der Waals surface area contributed by atoms with Crippen LogP contribution in [0.1, 0.15) is 39.7 Å². The van der Waals surface area contributed by atoms with Crippen molar-refractivity contribution in [2.45, 2.75) is 46.3 Å². The molecule has 1 heterocycles. The van der Waals surface area contributed by atoms with Crippen LogP contribution in [0.3, 0.4) is 0 Å². The van der Waals surface area contributed by atoms with E-state index < -0.39 is 11.7 Å². The van der Waals surface area contributed by atoms with Crippen LogP contribution in [0.5, 0.6) is 0 Å². The molecule has 8 nitrogen and oxygen atoms in total. The van der Waals surface area contributed by atoms with Crippen LogP contribution in [0, 0.1) is 0 Å². The Morgan fingerprint density at radius 3 is 2.62 bits per heavy atom. The molecule has 2 rings (SSSR count). The van der Waals surface area contributed by atoms with E-state index in [1.54, 1.807) is 12.5 Å². The molecule has 0 aliphatic carbocycles. The Hall–Kier alpha value is -3.03. The second kappa shape index (κ2) is 11.1. The van der Waals surface area contributed by atoms with Crippen LogP contribution in [0.25, 0.3) is 5.69 Å². The van der Waals surface area contributed by atoms with Gasteiger partial charge in [-0.3, -0.25) is 0 Å². The quantitative estimate of drug-likeness (QED) is 0.360. The minimum absolute atomic E-state index is 0.394. The highest BCUT2D eigenvalue weighted by molar-refractivity contribution is 5.79. The second-order valence-electron chi connectivity index (χ2n) is 7.50. The number of nitrogens with one attached hydrogen (secondary N) is 3. The molecule has 0 aliphatic heterocycles. The SMILES string of the molecule is CCNC(=NCc1ccccc1-n1ccnc1)NCCCNC(=O)OC(C)(C)C. The van der Waals surface area contributed by atoms with Crippen LogP contribution in [-0.2, 0) is 11.3 Å². The van der Waals surface area contributed by atoms with Gasteiger partial charge < -0.3 is 25.3 Å². The minimum atomic E-state index is -0.486. The summed E-state index contributed by atoms with van der Waals surface area (Å²) in [6.07, 6.45) is 5.83. The van der Waals surface area contributed by atoms with Crippen LogP contribution in [0.2, 0.25) is 0 Å². The number of benzene rings is 1. The van der Waals surface area contributed by atoms with E-state index in [2.05, 4.69) is 38.1 Å². The van der Waals surface area contributed by atoms with Gasteiger partial charge in [0.25, 0.3) is 0 Å². The molecular formula is C21H32N6O2. The Morgan fingerprint density at radius 1 is 1.17 bits per heavy atom. The Kier molecular flexibility index (Phi) is 8.51. The number of aliphatic imine (C=N–C) groups is 1. The number of imidazole rings is 1. The number of amides is 1. The van der Waals surface area contributed by atoms with Gasteiger partial charge in [-0.05, 0) is 45.7 Å². The fraction of sp³-hybridized carbons (Fsp3) is 0.476. The maximum atomic E-state index is 11.7. The molecule has 0 unspecified atom stereocenters. The van der Waals surface area contributed by atoms with Gasteiger partial charge in [0.05, 0.1) is 18.6 Å². The monoisotopic (exact) mass is 400 g/mol. The van der Waals surface area contributed by atoms with Gasteiger partial charge in [0, 0.05) is 32.0 Å². The van der Waals surface area contributed by atoms with Crippen LogP contribution in [0.15, 0.2) is 48.0 Å². The smallest absolute Gasteiger partial charge is 0.407 e. The lowest BCUT2D eigenvalue weighted by Gasteiger charge is -2.19. The maximum Gasteiger partial charge on any atom is 0.407 e. The van der Waals surface area contributed by atoms with Crippen molar-refractivity contribution in [1.29, 1.82) is 0 Å². The lowest BCUT2D eigenvalue weighted by atomic mass is 10.2. The molecule has 8 heteroatoms. The van der Waals surface area contributed by atoms with E-state index in [1.807, 2.05) is 50.6 Å². The van der Waals surface area contributed by atoms with E-state index >= 15 is 0 Å². The molecule has 3 N–H and O–H groups in total. The van der Waals surface area contributed by atoms with E-state index in [0.717, 1.165) is 30.2 Å². The summed E-state index contributed by atoms with van der Waals surface area (Å²) in [5.74, 6) is 0.741. The Balaban J connectivity index is 1.84. The first-order chi connectivity index (χ1) is 13.9. The van der Waals surface area contributed by atoms with Gasteiger partial charge in [-0.1, -0.05) is 18.2 Å². The van der Waals surface area contributed by atoms with Gasteiger partial charge in [0.2, 0.25) is 0 Å². The number of nitrogens with zero attached hydrogens (tertiary/aromatic N) is 3. The zero-order valence-corrected chi connectivity index (χ0v) is 17.7. The highest BCUT2D eigenvalue weighted by Crippen LogP contribution is 2.15. The van der Waals surface area contributed by atoms with Gasteiger partial charge in [-0.2, -0.15) is 0 Å². The predicted octanol–water partition coefficient (Wildman–Crippen LogP) is 2.84. The first-order valence-electron chi connectivity index (χ1n) is 9.94. The lowest BCUT2D eigenvalue weighted by molar-refractivity contribution is 0.0527. The molecule has 0 radical (unpaired) electrons. The van der Waals surface area contributed by atoms with Crippen molar-refractivity contribution in [2.24, 2.45) is 4.99 Å². The number of aromatic nitrogens is 2. The zero-order chi connectivity index (χ0) is 21.1. The third kappa shape index (κ3) is 8.25. The number of rotatable bonds is 8. The van der Waals surface area contributed by atoms with Crippen molar-refractivity contribution in [3.63, 3.8) is 0 Å². The summed E-state index contributed by atoms with van der Waals surface area (Å²) >= 11 is 0. The molecular weight excluding hydrogens is 368 g/mol. The molecule has 158 valence electrons. The third-order valence-electron chi connectivity index (χ3n) is 3.84. The summed E-state index contributed by atoms with van der Waals surface area (Å²) in [7, 11) is 0. The molecule has 0 saturated carbocycles. The standard InChI is InChI=1S/C21H32N6O2/c1-5-23-19(24-11-8-12-25-20(28)29-21(2,3)4)26-15-17-9-6-7-10-18(17)27-14-13-22-16-27/h6-7,9-10,13-14,16H,5,8,11-12,15H2,1-4H3,(H,25,28)(H2,23,24,26). The molecule has 0 saturated heterocycles. The van der Waals surface area contributed by atoms with Gasteiger partial charge in [-0.25, -0.2) is 14.8 Å². The molecule has 2 aromatic rings. The number of alkyl carbamates (subject to hydrolysis) is 1. The fourth-order valence-electron chi connectivity index (χ4n) is 2.60. The number of carbonyl (C=O) groups is 1. The topological polar surface area (TPSA) is 92.6 Å². The molecule has 0 atom stereocenters. The molecule has 1 aromatic heterocycles. The number of hydrogen-bond donors (Lipinski definition) is 3. The van der Waals surface area contributed by atoms with Crippen molar-refractivity contribution in [3.8, 4) is 5.69 Å². The Morgan fingerprint density at radius 2 is 1.93 bits per heavy atom. The number of hydrogen-bond acceptors (Lipinski definition) is 4. The van der Waals surface area contributed by atoms with Crippen LogP contribution >= 0.6 is 0 Å². The second-order valence-corrected chi connectivity index (χ2v) is 7.50. The molecule has 0 aliphatic rings. The Bertz CT molecular complexity index is 781. The van der Waals surface area contributed by atoms with E-state index in [4.69, 9.17) is 4.74 Å². The molecule has 1 aromatic carbocycles. The van der Waals surface area contributed by atoms with Crippen molar-refractivity contribution in [2.75, 3.05) is 19.6 Å². The van der Waals surface area contributed by atoms with E-state index in [9.17, 15) is 4.79 Å². The molecule has 0 fully saturated rings. The summed E-state index contributed by atoms with van der Waals surface area (Å²) < 4.78 is 7.20. The van der Waals surface area contributed by atoms with Crippen molar-refractivity contribution >= 4 is 12.1 Å². The summed E-state index contributed by atoms with van der Waals surface area (Å²) in [4.78, 5) is 20.5. The average molecular weight is 401 g/mol. The van der Waals surface area contributed by atoms with E-state index in [0.29, 0.717) is 19.6 Å². The normalized spacial score (nSPS) is 11.8. The predicted molar refractivity (Wildman–Crippen MR) is 115 cm³/mol. The fourth-order valence-corrected chi connectivity index (χ4v) is 2.60. The Labute approximate surface area is 172 Å². The number of guanidine groups is 1. The van der Waals surface area contributed by atoms with Gasteiger partial charge in [0.15, 0.2) is 5.96 Å². The van der Waals surface area contributed by atoms with Crippen LogP contribution in [0.4, 0.5) is 4.79 Å². The van der Waals surface area contributed by atoms with Gasteiger partial charge in [-0.15, -0.1) is 0 Å². The van der Waals surface area contributed by atoms with Crippen molar-refractivity contribution < 1.29 is 9.53 Å². The maximum absolute atomic E-state index is 11.7. The van der Waals surface area contributed by atoms with Crippen molar-refractivity contribution in [1.82, 2.24) is 25.5 Å². The number of ether oxygens (including phenoxy) is 1. The number of carbonyl (C=O) groups excluding carboxylic acids is 1. The molecule has 0 spiro atoms. The highest BCUT2D eigenvalue weighted by atomic mass is 16.6. The number of para-hydroxylation sites is 1. The molecule has 0 bridgehead atoms. The van der Waals surface area contributed by atoms with Crippen LogP contribution in [-0.4, -0.2) is 46.8 Å². The van der Waals surface area contributed by atoms with Crippen molar-refractivity contribution in [3.05, 3.63) is 48.5 Å². The summed E-state index contributed by atoms with van der Waals surface area (Å²) in [6.45, 7) is 10.1. The lowest BCUT2D eigenvalue weighted by Crippen LogP contribution is -2.39. The summed E-state index contributed by atoms with van der Waals surface area (Å²) in [5.41, 5.74) is 1.68. The first kappa shape index (κ1) is 22.3. The zero-order valence-electron chi connectivity index (χ0n) is 17.7. The minimum Gasteiger partial charge on any atom is -0.444 e. The largest absolute Gasteiger partial charge is 0.444 e. The van der Waals surface area contributed by atoms with Crippen LogP contribution < -0.4 is 16.0 Å². The first-order valence-corrected chi connectivity index (χ1v) is 9.94. The molecule has 29 heavy (non-hydrogen) atoms. The summed E-state index contributed by atoms with van der Waals surface area (Å²) in [5, 5.41) is 9.30. The molecule has 1 amide bonds.